The third kappa shape index (κ3) is 4.45. The first-order valence-corrected chi connectivity index (χ1v) is 10.7. The molecule has 25 heavy (non-hydrogen) atoms. The number of hydrogen-bond acceptors (Lipinski definition) is 5. The van der Waals surface area contributed by atoms with Crippen LogP contribution in [0.1, 0.15) is 35.3 Å². The van der Waals surface area contributed by atoms with E-state index in [1.54, 1.807) is 17.6 Å². The van der Waals surface area contributed by atoms with Gasteiger partial charge in [0.25, 0.3) is 5.91 Å². The van der Waals surface area contributed by atoms with Gasteiger partial charge in [-0.05, 0) is 37.1 Å². The number of thiazole rings is 1. The number of carbonyl (C=O) groups excluding carboxylic acids is 1. The number of nitrogens with one attached hydrogen (secondary N) is 1. The van der Waals surface area contributed by atoms with Gasteiger partial charge in [-0.1, -0.05) is 6.42 Å². The Morgan fingerprint density at radius 1 is 1.16 bits per heavy atom. The average molecular weight is 380 g/mol. The molecule has 1 aliphatic heterocycles. The molecule has 0 radical (unpaired) electrons. The van der Waals surface area contributed by atoms with Crippen LogP contribution in [0.2, 0.25) is 0 Å². The molecule has 1 aromatic carbocycles. The van der Waals surface area contributed by atoms with Crippen LogP contribution < -0.4 is 5.32 Å². The van der Waals surface area contributed by atoms with Crippen LogP contribution in [-0.2, 0) is 16.4 Å². The standard InChI is InChI=1S/C17H21N3O3S2/c21-17(18-9-8-15-12-24-13-19-15)14-4-6-16(7-5-14)25(22,23)20-10-2-1-3-11-20/h4-7,12-13H,1-3,8-11H2,(H,18,21). The maximum absolute atomic E-state index is 12.6. The molecule has 1 saturated heterocycles. The third-order valence-electron chi connectivity index (χ3n) is 4.22. The van der Waals surface area contributed by atoms with Gasteiger partial charge in [-0.25, -0.2) is 13.4 Å². The largest absolute Gasteiger partial charge is 0.352 e. The molecular formula is C17H21N3O3S2. The minimum absolute atomic E-state index is 0.211. The lowest BCUT2D eigenvalue weighted by molar-refractivity contribution is 0.0954. The van der Waals surface area contributed by atoms with Gasteiger partial charge in [0.05, 0.1) is 16.1 Å². The van der Waals surface area contributed by atoms with Gasteiger partial charge in [-0.3, -0.25) is 4.79 Å². The highest BCUT2D eigenvalue weighted by Crippen LogP contribution is 2.20. The van der Waals surface area contributed by atoms with Gasteiger partial charge >= 0.3 is 0 Å². The van der Waals surface area contributed by atoms with Crippen molar-refractivity contribution in [3.05, 3.63) is 46.4 Å². The Hall–Kier alpha value is -1.77. The van der Waals surface area contributed by atoms with E-state index in [1.807, 2.05) is 5.38 Å². The lowest BCUT2D eigenvalue weighted by Crippen LogP contribution is -2.35. The van der Waals surface area contributed by atoms with Crippen LogP contribution in [0.25, 0.3) is 0 Å². The average Bonchev–Trinajstić information content (AvgIpc) is 3.16. The van der Waals surface area contributed by atoms with Crippen molar-refractivity contribution in [3.8, 4) is 0 Å². The van der Waals surface area contributed by atoms with Crippen LogP contribution in [-0.4, -0.2) is 43.2 Å². The number of nitrogens with zero attached hydrogens (tertiary/aromatic N) is 2. The van der Waals surface area contributed by atoms with Crippen molar-refractivity contribution in [3.63, 3.8) is 0 Å². The van der Waals surface area contributed by atoms with Crippen LogP contribution in [0.15, 0.2) is 40.1 Å². The maximum atomic E-state index is 12.6. The highest BCUT2D eigenvalue weighted by molar-refractivity contribution is 7.89. The fourth-order valence-electron chi connectivity index (χ4n) is 2.80. The topological polar surface area (TPSA) is 79.4 Å². The van der Waals surface area contributed by atoms with E-state index in [0.717, 1.165) is 25.0 Å². The van der Waals surface area contributed by atoms with Gasteiger partial charge in [0.1, 0.15) is 0 Å². The molecule has 0 spiro atoms. The monoisotopic (exact) mass is 379 g/mol. The predicted molar refractivity (Wildman–Crippen MR) is 97.2 cm³/mol. The summed E-state index contributed by atoms with van der Waals surface area (Å²) in [6, 6.07) is 6.16. The van der Waals surface area contributed by atoms with Crippen molar-refractivity contribution in [2.24, 2.45) is 0 Å². The maximum Gasteiger partial charge on any atom is 0.251 e. The summed E-state index contributed by atoms with van der Waals surface area (Å²) in [5, 5.41) is 4.78. The lowest BCUT2D eigenvalue weighted by Gasteiger charge is -2.25. The molecule has 6 nitrogen and oxygen atoms in total. The Kier molecular flexibility index (Phi) is 5.82. The molecule has 2 heterocycles. The van der Waals surface area contributed by atoms with Gasteiger partial charge in [-0.2, -0.15) is 4.31 Å². The number of amides is 1. The Morgan fingerprint density at radius 3 is 2.52 bits per heavy atom. The Balaban J connectivity index is 1.60. The van der Waals surface area contributed by atoms with E-state index in [9.17, 15) is 13.2 Å². The van der Waals surface area contributed by atoms with Gasteiger partial charge in [0.2, 0.25) is 10.0 Å². The molecule has 1 aromatic heterocycles. The molecule has 0 unspecified atom stereocenters. The highest BCUT2D eigenvalue weighted by Gasteiger charge is 2.25. The Labute approximate surface area is 151 Å². The third-order valence-corrected chi connectivity index (χ3v) is 6.77. The summed E-state index contributed by atoms with van der Waals surface area (Å²) in [6.45, 7) is 1.64. The zero-order chi connectivity index (χ0) is 17.7. The first-order valence-electron chi connectivity index (χ1n) is 8.33. The number of piperidine rings is 1. The summed E-state index contributed by atoms with van der Waals surface area (Å²) >= 11 is 1.53. The summed E-state index contributed by atoms with van der Waals surface area (Å²) in [4.78, 5) is 16.6. The van der Waals surface area contributed by atoms with E-state index in [-0.39, 0.29) is 10.8 Å². The fourth-order valence-corrected chi connectivity index (χ4v) is 4.91. The number of sulfonamides is 1. The smallest absolute Gasteiger partial charge is 0.251 e. The Bertz CT molecular complexity index is 796. The SMILES string of the molecule is O=C(NCCc1cscn1)c1ccc(S(=O)(=O)N2CCCCC2)cc1. The van der Waals surface area contributed by atoms with Crippen molar-refractivity contribution in [1.29, 1.82) is 0 Å². The van der Waals surface area contributed by atoms with Crippen molar-refractivity contribution < 1.29 is 13.2 Å². The molecule has 0 bridgehead atoms. The van der Waals surface area contributed by atoms with E-state index in [1.165, 1.54) is 27.8 Å². The van der Waals surface area contributed by atoms with Gasteiger partial charge < -0.3 is 5.32 Å². The summed E-state index contributed by atoms with van der Waals surface area (Å²) in [5.74, 6) is -0.211. The van der Waals surface area contributed by atoms with E-state index in [2.05, 4.69) is 10.3 Å². The second kappa shape index (κ2) is 8.07. The minimum Gasteiger partial charge on any atom is -0.352 e. The fraction of sp³-hybridized carbons (Fsp3) is 0.412. The zero-order valence-electron chi connectivity index (χ0n) is 13.8. The molecular weight excluding hydrogens is 358 g/mol. The molecule has 0 saturated carbocycles. The van der Waals surface area contributed by atoms with Crippen LogP contribution in [0.4, 0.5) is 0 Å². The van der Waals surface area contributed by atoms with Gasteiger partial charge in [0.15, 0.2) is 0 Å². The number of hydrogen-bond donors (Lipinski definition) is 1. The normalized spacial score (nSPS) is 15.8. The molecule has 3 rings (SSSR count). The quantitative estimate of drug-likeness (QED) is 0.835. The summed E-state index contributed by atoms with van der Waals surface area (Å²) in [6.07, 6.45) is 3.56. The molecule has 134 valence electrons. The molecule has 1 N–H and O–H groups in total. The van der Waals surface area contributed by atoms with Crippen LogP contribution in [0, 0.1) is 0 Å². The van der Waals surface area contributed by atoms with Crippen molar-refractivity contribution in [2.75, 3.05) is 19.6 Å². The van der Waals surface area contributed by atoms with Crippen molar-refractivity contribution in [1.82, 2.24) is 14.6 Å². The Morgan fingerprint density at radius 2 is 1.88 bits per heavy atom. The molecule has 0 atom stereocenters. The van der Waals surface area contributed by atoms with Gasteiger partial charge in [0, 0.05) is 37.0 Å². The van der Waals surface area contributed by atoms with E-state index >= 15 is 0 Å². The van der Waals surface area contributed by atoms with Crippen molar-refractivity contribution >= 4 is 27.3 Å². The second-order valence-electron chi connectivity index (χ2n) is 5.97. The molecule has 1 amide bonds. The summed E-state index contributed by atoms with van der Waals surface area (Å²) in [7, 11) is -3.46. The highest BCUT2D eigenvalue weighted by atomic mass is 32.2. The summed E-state index contributed by atoms with van der Waals surface area (Å²) < 4.78 is 26.7. The van der Waals surface area contributed by atoms with Crippen LogP contribution >= 0.6 is 11.3 Å². The van der Waals surface area contributed by atoms with E-state index in [0.29, 0.717) is 31.6 Å². The minimum atomic E-state index is -3.46. The number of rotatable bonds is 6. The van der Waals surface area contributed by atoms with E-state index < -0.39 is 10.0 Å². The molecule has 1 aliphatic rings. The number of aromatic nitrogens is 1. The molecule has 1 fully saturated rings. The number of benzene rings is 1. The first-order chi connectivity index (χ1) is 12.1. The zero-order valence-corrected chi connectivity index (χ0v) is 15.5. The second-order valence-corrected chi connectivity index (χ2v) is 8.63. The van der Waals surface area contributed by atoms with Crippen LogP contribution in [0.5, 0.6) is 0 Å². The molecule has 2 aromatic rings. The van der Waals surface area contributed by atoms with Gasteiger partial charge in [-0.15, -0.1) is 11.3 Å². The molecule has 8 heteroatoms. The summed E-state index contributed by atoms with van der Waals surface area (Å²) in [5.41, 5.74) is 3.17. The van der Waals surface area contributed by atoms with Crippen molar-refractivity contribution in [2.45, 2.75) is 30.6 Å². The lowest BCUT2D eigenvalue weighted by atomic mass is 10.2. The van der Waals surface area contributed by atoms with Crippen LogP contribution in [0.3, 0.4) is 0 Å². The molecule has 0 aliphatic carbocycles. The predicted octanol–water partition coefficient (Wildman–Crippen LogP) is 2.29. The van der Waals surface area contributed by atoms with E-state index in [4.69, 9.17) is 0 Å². The number of carbonyl (C=O) groups is 1. The first kappa shape index (κ1) is 18.0.